The molecule has 26 heavy (non-hydrogen) atoms. The number of rotatable bonds is 3. The summed E-state index contributed by atoms with van der Waals surface area (Å²) >= 11 is 6.15. The van der Waals surface area contributed by atoms with Crippen molar-refractivity contribution in [1.29, 1.82) is 0 Å². The summed E-state index contributed by atoms with van der Waals surface area (Å²) < 4.78 is 32.4. The van der Waals surface area contributed by atoms with E-state index in [1.165, 1.54) is 37.6 Å². The number of methoxy groups -OCH3 is 1. The summed E-state index contributed by atoms with van der Waals surface area (Å²) in [5, 5.41) is 2.97. The number of nitrogens with one attached hydrogen (secondary N) is 1. The Balaban J connectivity index is 2.17. The van der Waals surface area contributed by atoms with Gasteiger partial charge in [0.15, 0.2) is 11.7 Å². The van der Waals surface area contributed by atoms with Gasteiger partial charge in [-0.2, -0.15) is 0 Å². The molecule has 0 radical (unpaired) electrons. The van der Waals surface area contributed by atoms with Gasteiger partial charge in [0, 0.05) is 22.5 Å². The molecular formula is C18H14ClF2N3O2. The van der Waals surface area contributed by atoms with Gasteiger partial charge < -0.3 is 10.1 Å². The molecule has 1 N–H and O–H groups in total. The lowest BCUT2D eigenvalue weighted by molar-refractivity contribution is -0.136. The van der Waals surface area contributed by atoms with Crippen molar-refractivity contribution in [3.8, 4) is 0 Å². The first kappa shape index (κ1) is 18.0. The van der Waals surface area contributed by atoms with E-state index in [4.69, 9.17) is 16.3 Å². The number of carbonyl (C=O) groups is 1. The van der Waals surface area contributed by atoms with Crippen molar-refractivity contribution >= 4 is 23.4 Å². The van der Waals surface area contributed by atoms with Crippen molar-refractivity contribution in [2.75, 3.05) is 7.11 Å². The molecule has 0 spiro atoms. The van der Waals surface area contributed by atoms with Gasteiger partial charge in [-0.15, -0.1) is 0 Å². The highest BCUT2D eigenvalue weighted by Crippen LogP contribution is 2.36. The van der Waals surface area contributed by atoms with E-state index in [1.807, 2.05) is 0 Å². The number of hydrogen-bond donors (Lipinski definition) is 1. The molecule has 1 aliphatic rings. The van der Waals surface area contributed by atoms with Gasteiger partial charge in [-0.25, -0.2) is 18.6 Å². The van der Waals surface area contributed by atoms with E-state index in [9.17, 15) is 13.6 Å². The van der Waals surface area contributed by atoms with Crippen LogP contribution in [0.15, 0.2) is 52.8 Å². The first-order valence-electron chi connectivity index (χ1n) is 7.62. The molecule has 0 bridgehead atoms. The van der Waals surface area contributed by atoms with Gasteiger partial charge in [0.2, 0.25) is 0 Å². The Morgan fingerprint density at radius 2 is 2.08 bits per heavy atom. The number of hydrogen-bond acceptors (Lipinski definition) is 5. The Kier molecular flexibility index (Phi) is 4.99. The average molecular weight is 378 g/mol. The molecule has 1 atom stereocenters. The molecule has 2 heterocycles. The number of nitrogens with zero attached hydrogens (tertiary/aromatic N) is 2. The predicted molar refractivity (Wildman–Crippen MR) is 92.7 cm³/mol. The topological polar surface area (TPSA) is 63.6 Å². The summed E-state index contributed by atoms with van der Waals surface area (Å²) in [5.41, 5.74) is 1.00. The Morgan fingerprint density at radius 3 is 2.73 bits per heavy atom. The zero-order chi connectivity index (χ0) is 18.8. The van der Waals surface area contributed by atoms with Crippen LogP contribution in [0.2, 0.25) is 5.02 Å². The van der Waals surface area contributed by atoms with Gasteiger partial charge in [-0.05, 0) is 31.2 Å². The maximum Gasteiger partial charge on any atom is 0.338 e. The van der Waals surface area contributed by atoms with E-state index in [2.05, 4.69) is 15.3 Å². The van der Waals surface area contributed by atoms with E-state index in [0.717, 1.165) is 6.07 Å². The van der Waals surface area contributed by atoms with E-state index < -0.39 is 23.6 Å². The quantitative estimate of drug-likeness (QED) is 0.831. The standard InChI is InChI=1S/C18H14ClF2N3O2/c1-9-14(18(25)26-2)15(11-6-5-10(20)8-12(11)19)24-17(23-9)16-13(21)4-3-7-22-16/h3-8,15H,1-2H3,(H,23,24). The largest absolute Gasteiger partial charge is 0.466 e. The summed E-state index contributed by atoms with van der Waals surface area (Å²) in [4.78, 5) is 20.7. The van der Waals surface area contributed by atoms with Crippen LogP contribution in [-0.2, 0) is 9.53 Å². The molecule has 1 aliphatic heterocycles. The van der Waals surface area contributed by atoms with Crippen LogP contribution in [0.4, 0.5) is 8.78 Å². The Hall–Kier alpha value is -2.80. The van der Waals surface area contributed by atoms with Gasteiger partial charge in [0.05, 0.1) is 12.7 Å². The number of aliphatic imine (C=N–C) groups is 1. The number of carbonyl (C=O) groups excluding carboxylic acids is 1. The predicted octanol–water partition coefficient (Wildman–Crippen LogP) is 3.55. The van der Waals surface area contributed by atoms with Crippen LogP contribution >= 0.6 is 11.6 Å². The number of allylic oxidation sites excluding steroid dienone is 1. The highest BCUT2D eigenvalue weighted by atomic mass is 35.5. The number of halogens is 3. The fourth-order valence-corrected chi connectivity index (χ4v) is 2.95. The molecule has 2 aromatic rings. The minimum Gasteiger partial charge on any atom is -0.466 e. The lowest BCUT2D eigenvalue weighted by atomic mass is 9.95. The third-order valence-electron chi connectivity index (χ3n) is 3.89. The van der Waals surface area contributed by atoms with Crippen molar-refractivity contribution < 1.29 is 18.3 Å². The van der Waals surface area contributed by atoms with Crippen molar-refractivity contribution in [3.63, 3.8) is 0 Å². The Labute approximate surface area is 153 Å². The monoisotopic (exact) mass is 377 g/mol. The van der Waals surface area contributed by atoms with Crippen LogP contribution in [0, 0.1) is 11.6 Å². The number of amidine groups is 1. The van der Waals surface area contributed by atoms with E-state index in [0.29, 0.717) is 11.3 Å². The number of aromatic nitrogens is 1. The van der Waals surface area contributed by atoms with Gasteiger partial charge in [-0.3, -0.25) is 4.99 Å². The molecule has 0 amide bonds. The highest BCUT2D eigenvalue weighted by Gasteiger charge is 2.32. The SMILES string of the molecule is COC(=O)C1=C(C)NC(c2ncccc2F)=NC1c1ccc(F)cc1Cl. The maximum atomic E-state index is 14.1. The molecule has 0 fully saturated rings. The molecule has 0 aliphatic carbocycles. The van der Waals surface area contributed by atoms with Gasteiger partial charge in [0.1, 0.15) is 17.6 Å². The van der Waals surface area contributed by atoms with Crippen LogP contribution in [0.3, 0.4) is 0 Å². The highest BCUT2D eigenvalue weighted by molar-refractivity contribution is 6.31. The molecule has 8 heteroatoms. The van der Waals surface area contributed by atoms with Crippen molar-refractivity contribution in [3.05, 3.63) is 75.7 Å². The molecule has 134 valence electrons. The minimum atomic E-state index is -0.895. The molecule has 1 unspecified atom stereocenters. The van der Waals surface area contributed by atoms with Crippen LogP contribution in [0.1, 0.15) is 24.2 Å². The molecule has 1 aromatic heterocycles. The van der Waals surface area contributed by atoms with E-state index in [-0.39, 0.29) is 22.1 Å². The number of benzene rings is 1. The van der Waals surface area contributed by atoms with E-state index in [1.54, 1.807) is 6.92 Å². The second-order valence-corrected chi connectivity index (χ2v) is 5.94. The number of esters is 1. The number of pyridine rings is 1. The third-order valence-corrected chi connectivity index (χ3v) is 4.21. The fourth-order valence-electron chi connectivity index (χ4n) is 2.68. The normalized spacial score (nSPS) is 16.8. The summed E-state index contributed by atoms with van der Waals surface area (Å²) in [6.07, 6.45) is 1.43. The van der Waals surface area contributed by atoms with E-state index >= 15 is 0 Å². The fraction of sp³-hybridized carbons (Fsp3) is 0.167. The lowest BCUT2D eigenvalue weighted by Crippen LogP contribution is -2.33. The number of ether oxygens (including phenoxy) is 1. The summed E-state index contributed by atoms with van der Waals surface area (Å²) in [6.45, 7) is 1.63. The van der Waals surface area contributed by atoms with Crippen molar-refractivity contribution in [1.82, 2.24) is 10.3 Å². The van der Waals surface area contributed by atoms with Crippen LogP contribution in [0.25, 0.3) is 0 Å². The van der Waals surface area contributed by atoms with Crippen LogP contribution in [0.5, 0.6) is 0 Å². The van der Waals surface area contributed by atoms with Crippen molar-refractivity contribution in [2.45, 2.75) is 13.0 Å². The molecule has 3 rings (SSSR count). The Bertz CT molecular complexity index is 944. The van der Waals surface area contributed by atoms with Crippen LogP contribution < -0.4 is 5.32 Å². The van der Waals surface area contributed by atoms with Gasteiger partial charge in [0.25, 0.3) is 0 Å². The second-order valence-electron chi connectivity index (χ2n) is 5.54. The first-order chi connectivity index (χ1) is 12.4. The zero-order valence-corrected chi connectivity index (χ0v) is 14.6. The molecule has 0 saturated heterocycles. The Morgan fingerprint density at radius 1 is 1.31 bits per heavy atom. The second kappa shape index (κ2) is 7.21. The summed E-state index contributed by atoms with van der Waals surface area (Å²) in [7, 11) is 1.24. The van der Waals surface area contributed by atoms with Crippen molar-refractivity contribution in [2.24, 2.45) is 4.99 Å². The molecule has 1 aromatic carbocycles. The molecule has 5 nitrogen and oxygen atoms in total. The summed E-state index contributed by atoms with van der Waals surface area (Å²) in [5.74, 6) is -1.58. The minimum absolute atomic E-state index is 0.000926. The lowest BCUT2D eigenvalue weighted by Gasteiger charge is -2.26. The molecule has 0 saturated carbocycles. The molecular weight excluding hydrogens is 364 g/mol. The summed E-state index contributed by atoms with van der Waals surface area (Å²) in [6, 6.07) is 5.58. The van der Waals surface area contributed by atoms with Crippen LogP contribution in [-0.4, -0.2) is 23.9 Å². The third kappa shape index (κ3) is 3.30. The maximum absolute atomic E-state index is 14.1. The smallest absolute Gasteiger partial charge is 0.338 e. The first-order valence-corrected chi connectivity index (χ1v) is 8.00. The zero-order valence-electron chi connectivity index (χ0n) is 13.9. The van der Waals surface area contributed by atoms with Gasteiger partial charge in [-0.1, -0.05) is 17.7 Å². The average Bonchev–Trinajstić information content (AvgIpc) is 2.61. The van der Waals surface area contributed by atoms with Gasteiger partial charge >= 0.3 is 5.97 Å².